The van der Waals surface area contributed by atoms with Gasteiger partial charge < -0.3 is 4.57 Å². The molecule has 1 aliphatic heterocycles. The molecule has 1 atom stereocenters. The third-order valence-electron chi connectivity index (χ3n) is 5.29. The van der Waals surface area contributed by atoms with Gasteiger partial charge in [-0.05, 0) is 44.0 Å². The number of sulfonamides is 1. The Bertz CT molecular complexity index is 1320. The summed E-state index contributed by atoms with van der Waals surface area (Å²) in [6.07, 6.45) is 2.57. The van der Waals surface area contributed by atoms with Crippen LogP contribution in [0.25, 0.3) is 10.2 Å². The van der Waals surface area contributed by atoms with E-state index in [0.29, 0.717) is 27.9 Å². The van der Waals surface area contributed by atoms with Crippen LogP contribution in [0.4, 0.5) is 4.39 Å². The molecule has 6 nitrogen and oxygen atoms in total. The molecule has 2 aromatic carbocycles. The highest BCUT2D eigenvalue weighted by Gasteiger charge is 2.39. The second-order valence-electron chi connectivity index (χ2n) is 7.41. The molecule has 1 saturated heterocycles. The topological polar surface area (TPSA) is 71.7 Å². The van der Waals surface area contributed by atoms with E-state index in [-0.39, 0.29) is 18.0 Å². The number of thiazole rings is 1. The van der Waals surface area contributed by atoms with Gasteiger partial charge in [-0.2, -0.15) is 9.30 Å². The Morgan fingerprint density at radius 1 is 1.29 bits per heavy atom. The van der Waals surface area contributed by atoms with Gasteiger partial charge >= 0.3 is 0 Å². The molecule has 4 rings (SSSR count). The summed E-state index contributed by atoms with van der Waals surface area (Å²) in [5.74, 6) is -0.952. The lowest BCUT2D eigenvalue weighted by Crippen LogP contribution is -2.40. The first kappa shape index (κ1) is 21.6. The lowest BCUT2D eigenvalue weighted by Gasteiger charge is -2.21. The molecule has 3 aromatic rings. The minimum absolute atomic E-state index is 0.156. The number of nitrogens with zero attached hydrogens (tertiary/aromatic N) is 3. The number of aromatic nitrogens is 1. The SMILES string of the molecule is C=CCn1c(=NC(=O)C2CCCN2S(=O)(=O)c2ccc(C)cc2)sc2cccc(F)c21. The summed E-state index contributed by atoms with van der Waals surface area (Å²) in [5, 5.41) is 0. The first-order valence-electron chi connectivity index (χ1n) is 9.89. The average molecular weight is 460 g/mol. The van der Waals surface area contributed by atoms with E-state index in [1.165, 1.54) is 21.7 Å². The van der Waals surface area contributed by atoms with Gasteiger partial charge in [-0.3, -0.25) is 4.79 Å². The molecule has 31 heavy (non-hydrogen) atoms. The van der Waals surface area contributed by atoms with E-state index in [4.69, 9.17) is 0 Å². The number of hydrogen-bond donors (Lipinski definition) is 0. The molecule has 1 fully saturated rings. The van der Waals surface area contributed by atoms with Gasteiger partial charge in [-0.25, -0.2) is 12.8 Å². The van der Waals surface area contributed by atoms with Gasteiger partial charge in [0, 0.05) is 13.1 Å². The zero-order chi connectivity index (χ0) is 22.2. The van der Waals surface area contributed by atoms with Crippen molar-refractivity contribution >= 4 is 37.5 Å². The molecular weight excluding hydrogens is 437 g/mol. The molecular formula is C22H22FN3O3S2. The summed E-state index contributed by atoms with van der Waals surface area (Å²) in [6.45, 7) is 6.12. The van der Waals surface area contributed by atoms with Gasteiger partial charge in [-0.15, -0.1) is 6.58 Å². The molecule has 1 aromatic heterocycles. The van der Waals surface area contributed by atoms with E-state index in [1.807, 2.05) is 6.92 Å². The first-order valence-corrected chi connectivity index (χ1v) is 12.1. The van der Waals surface area contributed by atoms with Gasteiger partial charge in [0.15, 0.2) is 4.80 Å². The van der Waals surface area contributed by atoms with Crippen LogP contribution in [-0.2, 0) is 21.4 Å². The molecule has 0 spiro atoms. The van der Waals surface area contributed by atoms with Crippen LogP contribution in [0.2, 0.25) is 0 Å². The number of aryl methyl sites for hydroxylation is 1. The predicted octanol–water partition coefficient (Wildman–Crippen LogP) is 3.62. The van der Waals surface area contributed by atoms with Crippen LogP contribution in [0.5, 0.6) is 0 Å². The van der Waals surface area contributed by atoms with Crippen molar-refractivity contribution in [2.75, 3.05) is 6.54 Å². The molecule has 1 amide bonds. The fraction of sp³-hybridized carbons (Fsp3) is 0.273. The normalized spacial score (nSPS) is 18.0. The Kier molecular flexibility index (Phi) is 5.92. The van der Waals surface area contributed by atoms with Crippen molar-refractivity contribution in [1.29, 1.82) is 0 Å². The molecule has 0 aliphatic carbocycles. The zero-order valence-electron chi connectivity index (χ0n) is 17.0. The van der Waals surface area contributed by atoms with Crippen molar-refractivity contribution in [3.63, 3.8) is 0 Å². The molecule has 162 valence electrons. The summed E-state index contributed by atoms with van der Waals surface area (Å²) in [4.78, 5) is 17.8. The maximum Gasteiger partial charge on any atom is 0.266 e. The van der Waals surface area contributed by atoms with Crippen LogP contribution in [0.1, 0.15) is 18.4 Å². The highest BCUT2D eigenvalue weighted by Crippen LogP contribution is 2.27. The minimum atomic E-state index is -3.82. The number of hydrogen-bond acceptors (Lipinski definition) is 4. The van der Waals surface area contributed by atoms with Crippen molar-refractivity contribution < 1.29 is 17.6 Å². The number of halogens is 1. The third kappa shape index (κ3) is 4.00. The smallest absolute Gasteiger partial charge is 0.266 e. The van der Waals surface area contributed by atoms with Gasteiger partial charge in [-0.1, -0.05) is 41.2 Å². The van der Waals surface area contributed by atoms with Crippen molar-refractivity contribution in [3.8, 4) is 0 Å². The summed E-state index contributed by atoms with van der Waals surface area (Å²) < 4.78 is 44.1. The Hall–Kier alpha value is -2.62. The summed E-state index contributed by atoms with van der Waals surface area (Å²) in [5.41, 5.74) is 1.31. The van der Waals surface area contributed by atoms with Gasteiger partial charge in [0.05, 0.1) is 15.1 Å². The van der Waals surface area contributed by atoms with Crippen LogP contribution in [0, 0.1) is 12.7 Å². The van der Waals surface area contributed by atoms with E-state index in [0.717, 1.165) is 5.56 Å². The number of fused-ring (bicyclic) bond motifs is 1. The lowest BCUT2D eigenvalue weighted by atomic mass is 10.2. The fourth-order valence-electron chi connectivity index (χ4n) is 3.76. The molecule has 1 unspecified atom stereocenters. The van der Waals surface area contributed by atoms with E-state index in [9.17, 15) is 17.6 Å². The monoisotopic (exact) mass is 459 g/mol. The van der Waals surface area contributed by atoms with Crippen LogP contribution in [0.15, 0.2) is 65.0 Å². The molecule has 2 heterocycles. The van der Waals surface area contributed by atoms with Gasteiger partial charge in [0.2, 0.25) is 10.0 Å². The molecule has 9 heteroatoms. The minimum Gasteiger partial charge on any atom is -0.310 e. The zero-order valence-corrected chi connectivity index (χ0v) is 18.6. The number of carbonyl (C=O) groups excluding carboxylic acids is 1. The number of carbonyl (C=O) groups is 1. The summed E-state index contributed by atoms with van der Waals surface area (Å²) in [7, 11) is -3.82. The van der Waals surface area contributed by atoms with Crippen LogP contribution in [-0.4, -0.2) is 35.8 Å². The molecule has 0 saturated carbocycles. The van der Waals surface area contributed by atoms with E-state index in [1.54, 1.807) is 47.0 Å². The number of para-hydroxylation sites is 1. The Morgan fingerprint density at radius 2 is 2.03 bits per heavy atom. The molecule has 0 N–H and O–H groups in total. The Balaban J connectivity index is 1.73. The molecule has 1 aliphatic rings. The number of benzene rings is 2. The van der Waals surface area contributed by atoms with Crippen molar-refractivity contribution in [1.82, 2.24) is 8.87 Å². The average Bonchev–Trinajstić information content (AvgIpc) is 3.35. The number of allylic oxidation sites excluding steroid dienone is 1. The first-order chi connectivity index (χ1) is 14.8. The van der Waals surface area contributed by atoms with E-state index >= 15 is 0 Å². The number of rotatable bonds is 5. The quantitative estimate of drug-likeness (QED) is 0.547. The summed E-state index contributed by atoms with van der Waals surface area (Å²) >= 11 is 1.19. The van der Waals surface area contributed by atoms with Crippen molar-refractivity contribution in [3.05, 3.63) is 71.3 Å². The lowest BCUT2D eigenvalue weighted by molar-refractivity contribution is -0.121. The molecule has 0 bridgehead atoms. The van der Waals surface area contributed by atoms with Crippen molar-refractivity contribution in [2.24, 2.45) is 4.99 Å². The Labute approximate surface area is 184 Å². The highest BCUT2D eigenvalue weighted by molar-refractivity contribution is 7.89. The third-order valence-corrected chi connectivity index (χ3v) is 8.25. The van der Waals surface area contributed by atoms with Crippen LogP contribution in [0.3, 0.4) is 0 Å². The largest absolute Gasteiger partial charge is 0.310 e. The standard InChI is InChI=1S/C22H22FN3O3S2/c1-3-13-25-20-17(23)6-4-8-19(20)30-22(25)24-21(27)18-7-5-14-26(18)31(28,29)16-11-9-15(2)10-12-16/h3-4,6,8-12,18H,1,5,7,13-14H2,2H3. The number of amides is 1. The second-order valence-corrected chi connectivity index (χ2v) is 10.3. The summed E-state index contributed by atoms with van der Waals surface area (Å²) in [6, 6.07) is 10.4. The van der Waals surface area contributed by atoms with E-state index < -0.39 is 27.8 Å². The highest BCUT2D eigenvalue weighted by atomic mass is 32.2. The van der Waals surface area contributed by atoms with Gasteiger partial charge in [0.1, 0.15) is 11.9 Å². The van der Waals surface area contributed by atoms with E-state index in [2.05, 4.69) is 11.6 Å². The van der Waals surface area contributed by atoms with Crippen molar-refractivity contribution in [2.45, 2.75) is 37.2 Å². The Morgan fingerprint density at radius 3 is 2.74 bits per heavy atom. The fourth-order valence-corrected chi connectivity index (χ4v) is 6.47. The van der Waals surface area contributed by atoms with Gasteiger partial charge in [0.25, 0.3) is 5.91 Å². The predicted molar refractivity (Wildman–Crippen MR) is 119 cm³/mol. The maximum atomic E-state index is 14.4. The maximum absolute atomic E-state index is 14.4. The van der Waals surface area contributed by atoms with Crippen LogP contribution >= 0.6 is 11.3 Å². The molecule has 0 radical (unpaired) electrons. The second kappa shape index (κ2) is 8.49. The van der Waals surface area contributed by atoms with Crippen LogP contribution < -0.4 is 4.80 Å².